The fourth-order valence-electron chi connectivity index (χ4n) is 1.27. The van der Waals surface area contributed by atoms with Gasteiger partial charge in [0.1, 0.15) is 5.25 Å². The fraction of sp³-hybridized carbons (Fsp3) is 0.818. The molecule has 0 saturated heterocycles. The smallest absolute Gasteiger partial charge is 0.319 e. The third-order valence-electron chi connectivity index (χ3n) is 2.10. The van der Waals surface area contributed by atoms with Crippen molar-refractivity contribution in [2.75, 3.05) is 6.61 Å². The first-order valence-electron chi connectivity index (χ1n) is 6.14. The number of carbonyl (C=O) groups excluding carboxylic acids is 1. The number of tetrazole rings is 1. The molecule has 0 aliphatic carbocycles. The van der Waals surface area contributed by atoms with Crippen LogP contribution in [0.2, 0.25) is 0 Å². The Balaban J connectivity index is 2.56. The summed E-state index contributed by atoms with van der Waals surface area (Å²) in [6, 6.07) is 0. The zero-order valence-electron chi connectivity index (χ0n) is 11.3. The van der Waals surface area contributed by atoms with Crippen molar-refractivity contribution in [1.29, 1.82) is 0 Å². The number of hydrogen-bond acceptors (Lipinski definition) is 6. The molecule has 18 heavy (non-hydrogen) atoms. The molecule has 6 nitrogen and oxygen atoms in total. The Morgan fingerprint density at radius 2 is 2.17 bits per heavy atom. The number of rotatable bonds is 7. The molecule has 7 heteroatoms. The zero-order chi connectivity index (χ0) is 13.5. The highest BCUT2D eigenvalue weighted by Crippen LogP contribution is 2.21. The van der Waals surface area contributed by atoms with Crippen LogP contribution >= 0.6 is 11.8 Å². The fourth-order valence-corrected chi connectivity index (χ4v) is 2.06. The van der Waals surface area contributed by atoms with Gasteiger partial charge >= 0.3 is 5.97 Å². The van der Waals surface area contributed by atoms with Gasteiger partial charge in [-0.05, 0) is 29.7 Å². The van der Waals surface area contributed by atoms with Crippen molar-refractivity contribution in [2.45, 2.75) is 51.1 Å². The van der Waals surface area contributed by atoms with E-state index >= 15 is 0 Å². The lowest BCUT2D eigenvalue weighted by molar-refractivity contribution is -0.142. The molecule has 0 N–H and O–H groups in total. The molecule has 0 radical (unpaired) electrons. The lowest BCUT2D eigenvalue weighted by Crippen LogP contribution is -2.18. The first-order valence-corrected chi connectivity index (χ1v) is 7.02. The van der Waals surface area contributed by atoms with Gasteiger partial charge in [-0.2, -0.15) is 0 Å². The van der Waals surface area contributed by atoms with Crippen LogP contribution in [0.15, 0.2) is 5.16 Å². The number of nitrogens with zero attached hydrogens (tertiary/aromatic N) is 4. The summed E-state index contributed by atoms with van der Waals surface area (Å²) in [5.41, 5.74) is 0. The lowest BCUT2D eigenvalue weighted by atomic mass is 10.2. The van der Waals surface area contributed by atoms with E-state index in [9.17, 15) is 4.79 Å². The molecule has 0 aliphatic rings. The number of thioether (sulfide) groups is 1. The molecule has 102 valence electrons. The quantitative estimate of drug-likeness (QED) is 0.556. The first-order chi connectivity index (χ1) is 8.54. The molecule has 0 aromatic carbocycles. The predicted octanol–water partition coefficient (Wildman–Crippen LogP) is 1.76. The largest absolute Gasteiger partial charge is 0.465 e. The van der Waals surface area contributed by atoms with Crippen molar-refractivity contribution in [3.63, 3.8) is 0 Å². The molecule has 0 saturated carbocycles. The maximum Gasteiger partial charge on any atom is 0.319 e. The molecular formula is C11H20N4O2S. The Labute approximate surface area is 111 Å². The topological polar surface area (TPSA) is 69.9 Å². The number of hydrogen-bond donors (Lipinski definition) is 0. The van der Waals surface area contributed by atoms with E-state index in [1.165, 1.54) is 11.8 Å². The summed E-state index contributed by atoms with van der Waals surface area (Å²) in [5.74, 6) is 0.233. The molecule has 1 heterocycles. The maximum absolute atomic E-state index is 11.6. The summed E-state index contributed by atoms with van der Waals surface area (Å²) >= 11 is 1.33. The molecule has 1 rings (SSSR count). The highest BCUT2D eigenvalue weighted by molar-refractivity contribution is 8.00. The van der Waals surface area contributed by atoms with Crippen LogP contribution in [0.1, 0.15) is 34.1 Å². The van der Waals surface area contributed by atoms with Gasteiger partial charge in [-0.25, -0.2) is 4.68 Å². The summed E-state index contributed by atoms with van der Waals surface area (Å²) in [6.07, 6.45) is 0.828. The number of esters is 1. The van der Waals surface area contributed by atoms with Crippen molar-refractivity contribution in [2.24, 2.45) is 5.92 Å². The van der Waals surface area contributed by atoms with Gasteiger partial charge in [0.2, 0.25) is 5.16 Å². The Morgan fingerprint density at radius 1 is 1.44 bits per heavy atom. The standard InChI is InChI=1S/C11H20N4O2S/c1-5-6-17-10(16)9(4)18-11-12-13-14-15(11)7-8(2)3/h8-9H,5-7H2,1-4H3/t9-/m0/s1. The Hall–Kier alpha value is -1.11. The van der Waals surface area contributed by atoms with E-state index < -0.39 is 0 Å². The highest BCUT2D eigenvalue weighted by atomic mass is 32.2. The molecule has 0 bridgehead atoms. The number of carbonyl (C=O) groups is 1. The monoisotopic (exact) mass is 272 g/mol. The van der Waals surface area contributed by atoms with E-state index in [1.54, 1.807) is 11.6 Å². The minimum atomic E-state index is -0.298. The van der Waals surface area contributed by atoms with E-state index in [1.807, 2.05) is 6.92 Å². The van der Waals surface area contributed by atoms with Gasteiger partial charge in [-0.3, -0.25) is 4.79 Å². The highest BCUT2D eigenvalue weighted by Gasteiger charge is 2.19. The summed E-state index contributed by atoms with van der Waals surface area (Å²) in [4.78, 5) is 11.6. The normalized spacial score (nSPS) is 12.7. The van der Waals surface area contributed by atoms with Gasteiger partial charge in [0.25, 0.3) is 0 Å². The van der Waals surface area contributed by atoms with E-state index in [4.69, 9.17) is 4.74 Å². The molecule has 1 atom stereocenters. The van der Waals surface area contributed by atoms with Crippen LogP contribution in [0.25, 0.3) is 0 Å². The van der Waals surface area contributed by atoms with Gasteiger partial charge in [-0.15, -0.1) is 5.10 Å². The second-order valence-electron chi connectivity index (χ2n) is 4.46. The third kappa shape index (κ3) is 4.64. The van der Waals surface area contributed by atoms with Crippen LogP contribution in [-0.4, -0.2) is 38.0 Å². The van der Waals surface area contributed by atoms with Gasteiger partial charge < -0.3 is 4.74 Å². The lowest BCUT2D eigenvalue weighted by Gasteiger charge is -2.11. The van der Waals surface area contributed by atoms with Gasteiger partial charge in [0.15, 0.2) is 0 Å². The zero-order valence-corrected chi connectivity index (χ0v) is 12.1. The van der Waals surface area contributed by atoms with E-state index in [-0.39, 0.29) is 11.2 Å². The third-order valence-corrected chi connectivity index (χ3v) is 3.15. The molecule has 0 fully saturated rings. The number of ether oxygens (including phenoxy) is 1. The van der Waals surface area contributed by atoms with Crippen LogP contribution in [0.3, 0.4) is 0 Å². The molecule has 0 unspecified atom stereocenters. The molecule has 0 aliphatic heterocycles. The Bertz CT molecular complexity index is 381. The summed E-state index contributed by atoms with van der Waals surface area (Å²) in [7, 11) is 0. The van der Waals surface area contributed by atoms with Crippen LogP contribution in [-0.2, 0) is 16.1 Å². The van der Waals surface area contributed by atoms with Crippen LogP contribution in [0, 0.1) is 5.92 Å². The first kappa shape index (κ1) is 14.9. The van der Waals surface area contributed by atoms with Crippen LogP contribution in [0.4, 0.5) is 0 Å². The Kier molecular flexibility index (Phi) is 6.11. The summed E-state index contributed by atoms with van der Waals surface area (Å²) in [6.45, 7) is 9.15. The van der Waals surface area contributed by atoms with Crippen molar-refractivity contribution in [1.82, 2.24) is 20.2 Å². The van der Waals surface area contributed by atoms with Crippen molar-refractivity contribution in [3.8, 4) is 0 Å². The van der Waals surface area contributed by atoms with Crippen LogP contribution < -0.4 is 0 Å². The number of aromatic nitrogens is 4. The van der Waals surface area contributed by atoms with Crippen LogP contribution in [0.5, 0.6) is 0 Å². The van der Waals surface area contributed by atoms with E-state index in [2.05, 4.69) is 29.4 Å². The predicted molar refractivity (Wildman–Crippen MR) is 69.2 cm³/mol. The van der Waals surface area contributed by atoms with Gasteiger partial charge in [-0.1, -0.05) is 32.5 Å². The average Bonchev–Trinajstić information content (AvgIpc) is 2.72. The second kappa shape index (κ2) is 7.35. The summed E-state index contributed by atoms with van der Waals surface area (Å²) in [5, 5.41) is 11.8. The minimum Gasteiger partial charge on any atom is -0.465 e. The molecule has 0 amide bonds. The van der Waals surface area contributed by atoms with Gasteiger partial charge in [0.05, 0.1) is 6.61 Å². The Morgan fingerprint density at radius 3 is 2.78 bits per heavy atom. The summed E-state index contributed by atoms with van der Waals surface area (Å²) < 4.78 is 6.81. The molecule has 1 aromatic heterocycles. The second-order valence-corrected chi connectivity index (χ2v) is 5.77. The van der Waals surface area contributed by atoms with E-state index in [0.29, 0.717) is 17.7 Å². The van der Waals surface area contributed by atoms with Crippen molar-refractivity contribution >= 4 is 17.7 Å². The van der Waals surface area contributed by atoms with Crippen molar-refractivity contribution in [3.05, 3.63) is 0 Å². The molecule has 1 aromatic rings. The average molecular weight is 272 g/mol. The minimum absolute atomic E-state index is 0.221. The SMILES string of the molecule is CCCOC(=O)[C@H](C)Sc1nnnn1CC(C)C. The molecule has 0 spiro atoms. The van der Waals surface area contributed by atoms with Crippen molar-refractivity contribution < 1.29 is 9.53 Å². The van der Waals surface area contributed by atoms with Gasteiger partial charge in [0, 0.05) is 6.54 Å². The molecular weight excluding hydrogens is 252 g/mol. The maximum atomic E-state index is 11.6. The van der Waals surface area contributed by atoms with E-state index in [0.717, 1.165) is 13.0 Å².